The summed E-state index contributed by atoms with van der Waals surface area (Å²) in [6.07, 6.45) is 0. The van der Waals surface area contributed by atoms with E-state index < -0.39 is 34.0 Å². The van der Waals surface area contributed by atoms with Gasteiger partial charge in [0.05, 0.1) is 7.11 Å². The molecule has 0 amide bonds. The monoisotopic (exact) mass is 230 g/mol. The van der Waals surface area contributed by atoms with Gasteiger partial charge in [0.25, 0.3) is 0 Å². The molecule has 78 valence electrons. The number of benzene rings is 1. The summed E-state index contributed by atoms with van der Waals surface area (Å²) in [4.78, 5) is -1.05. The molecule has 1 rings (SSSR count). The zero-order chi connectivity index (χ0) is 10.9. The standard InChI is InChI=1S/C7H3F5OS/c1-13-14-7-5(11)3(9)2(8)4(10)6(7)12/h1H3. The van der Waals surface area contributed by atoms with Crippen LogP contribution in [0.2, 0.25) is 0 Å². The van der Waals surface area contributed by atoms with Gasteiger partial charge in [-0.2, -0.15) is 0 Å². The van der Waals surface area contributed by atoms with Crippen molar-refractivity contribution in [2.45, 2.75) is 4.90 Å². The lowest BCUT2D eigenvalue weighted by molar-refractivity contribution is 0.357. The Morgan fingerprint density at radius 2 is 1.14 bits per heavy atom. The van der Waals surface area contributed by atoms with E-state index in [1.807, 2.05) is 0 Å². The van der Waals surface area contributed by atoms with Crippen LogP contribution in [0.15, 0.2) is 4.90 Å². The van der Waals surface area contributed by atoms with Gasteiger partial charge < -0.3 is 4.18 Å². The summed E-state index contributed by atoms with van der Waals surface area (Å²) in [7, 11) is 1.04. The molecular weight excluding hydrogens is 227 g/mol. The third kappa shape index (κ3) is 1.69. The van der Waals surface area contributed by atoms with E-state index in [0.29, 0.717) is 0 Å². The highest BCUT2D eigenvalue weighted by Gasteiger charge is 2.26. The minimum absolute atomic E-state index is 0.0689. The highest BCUT2D eigenvalue weighted by Crippen LogP contribution is 2.30. The molecule has 0 unspecified atom stereocenters. The highest BCUT2D eigenvalue weighted by atomic mass is 32.2. The van der Waals surface area contributed by atoms with Crippen LogP contribution in [-0.2, 0) is 4.18 Å². The van der Waals surface area contributed by atoms with Gasteiger partial charge in [0.15, 0.2) is 23.3 Å². The summed E-state index contributed by atoms with van der Waals surface area (Å²) < 4.78 is 67.2. The Labute approximate surface area is 80.1 Å². The molecule has 0 atom stereocenters. The topological polar surface area (TPSA) is 9.23 Å². The maximum atomic E-state index is 12.8. The zero-order valence-electron chi connectivity index (χ0n) is 6.71. The summed E-state index contributed by atoms with van der Waals surface area (Å²) in [6, 6.07) is 0. The minimum Gasteiger partial charge on any atom is -0.313 e. The Bertz CT molecular complexity index is 339. The first kappa shape index (κ1) is 11.3. The van der Waals surface area contributed by atoms with Gasteiger partial charge in [-0.05, 0) is 0 Å². The van der Waals surface area contributed by atoms with Gasteiger partial charge in [0.1, 0.15) is 4.90 Å². The summed E-state index contributed by atoms with van der Waals surface area (Å²) in [5.74, 6) is -9.94. The maximum absolute atomic E-state index is 12.8. The second-order valence-corrected chi connectivity index (χ2v) is 3.06. The molecule has 0 bridgehead atoms. The molecule has 0 aromatic heterocycles. The predicted octanol–water partition coefficient (Wildman–Crippen LogP) is 3.04. The van der Waals surface area contributed by atoms with Crippen molar-refractivity contribution in [2.75, 3.05) is 7.11 Å². The normalized spacial score (nSPS) is 10.7. The van der Waals surface area contributed by atoms with E-state index in [2.05, 4.69) is 4.18 Å². The fourth-order valence-corrected chi connectivity index (χ4v) is 1.23. The van der Waals surface area contributed by atoms with Crippen LogP contribution in [0, 0.1) is 29.1 Å². The van der Waals surface area contributed by atoms with Crippen molar-refractivity contribution in [3.05, 3.63) is 29.1 Å². The summed E-state index contributed by atoms with van der Waals surface area (Å²) in [5, 5.41) is 0. The van der Waals surface area contributed by atoms with Crippen molar-refractivity contribution in [3.8, 4) is 0 Å². The van der Waals surface area contributed by atoms with Crippen LogP contribution in [0.25, 0.3) is 0 Å². The van der Waals surface area contributed by atoms with Crippen LogP contribution >= 0.6 is 12.0 Å². The van der Waals surface area contributed by atoms with Gasteiger partial charge in [0.2, 0.25) is 5.82 Å². The summed E-state index contributed by atoms with van der Waals surface area (Å²) in [6.45, 7) is 0. The van der Waals surface area contributed by atoms with Crippen molar-refractivity contribution < 1.29 is 26.1 Å². The third-order valence-corrected chi connectivity index (χ3v) is 2.03. The van der Waals surface area contributed by atoms with E-state index in [4.69, 9.17) is 0 Å². The Kier molecular flexibility index (Phi) is 3.33. The molecule has 1 aromatic carbocycles. The molecule has 1 nitrogen and oxygen atoms in total. The van der Waals surface area contributed by atoms with Crippen LogP contribution in [0.3, 0.4) is 0 Å². The van der Waals surface area contributed by atoms with Crippen molar-refractivity contribution in [2.24, 2.45) is 0 Å². The molecule has 0 spiro atoms. The quantitative estimate of drug-likeness (QED) is 0.334. The summed E-state index contributed by atoms with van der Waals surface area (Å²) in [5.41, 5.74) is 0. The molecule has 0 radical (unpaired) electrons. The molecule has 0 fully saturated rings. The lowest BCUT2D eigenvalue weighted by atomic mass is 10.3. The largest absolute Gasteiger partial charge is 0.313 e. The van der Waals surface area contributed by atoms with Crippen molar-refractivity contribution in [3.63, 3.8) is 0 Å². The van der Waals surface area contributed by atoms with Gasteiger partial charge in [0, 0.05) is 12.0 Å². The molecule has 7 heteroatoms. The van der Waals surface area contributed by atoms with Crippen LogP contribution in [0.5, 0.6) is 0 Å². The molecule has 0 saturated carbocycles. The molecule has 1 aromatic rings. The van der Waals surface area contributed by atoms with E-state index >= 15 is 0 Å². The zero-order valence-corrected chi connectivity index (χ0v) is 7.52. The fraction of sp³-hybridized carbons (Fsp3) is 0.143. The second-order valence-electron chi connectivity index (χ2n) is 2.15. The van der Waals surface area contributed by atoms with Crippen LogP contribution in [0.4, 0.5) is 22.0 Å². The van der Waals surface area contributed by atoms with E-state index in [1.165, 1.54) is 0 Å². The lowest BCUT2D eigenvalue weighted by Gasteiger charge is -2.05. The van der Waals surface area contributed by atoms with E-state index in [9.17, 15) is 22.0 Å². The average molecular weight is 230 g/mol. The molecule has 0 aliphatic rings. The first-order chi connectivity index (χ1) is 6.50. The third-order valence-electron chi connectivity index (χ3n) is 1.34. The predicted molar refractivity (Wildman–Crippen MR) is 39.1 cm³/mol. The Morgan fingerprint density at radius 1 is 0.786 bits per heavy atom. The molecular formula is C7H3F5OS. The Balaban J connectivity index is 3.43. The summed E-state index contributed by atoms with van der Waals surface area (Å²) >= 11 is 0.0689. The maximum Gasteiger partial charge on any atom is 0.200 e. The van der Waals surface area contributed by atoms with Crippen LogP contribution in [0.1, 0.15) is 0 Å². The van der Waals surface area contributed by atoms with Crippen LogP contribution in [-0.4, -0.2) is 7.11 Å². The number of rotatable bonds is 2. The van der Waals surface area contributed by atoms with Crippen molar-refractivity contribution >= 4 is 12.0 Å². The number of halogens is 5. The van der Waals surface area contributed by atoms with E-state index in [0.717, 1.165) is 7.11 Å². The molecule has 0 aliphatic carbocycles. The van der Waals surface area contributed by atoms with Crippen molar-refractivity contribution in [1.29, 1.82) is 0 Å². The molecule has 0 N–H and O–H groups in total. The van der Waals surface area contributed by atoms with Crippen LogP contribution < -0.4 is 0 Å². The first-order valence-corrected chi connectivity index (χ1v) is 3.97. The molecule has 0 saturated heterocycles. The Hall–Kier alpha value is -0.820. The molecule has 14 heavy (non-hydrogen) atoms. The second kappa shape index (κ2) is 4.14. The molecule has 0 aliphatic heterocycles. The number of hydrogen-bond donors (Lipinski definition) is 0. The lowest BCUT2D eigenvalue weighted by Crippen LogP contribution is -2.03. The minimum atomic E-state index is -2.18. The van der Waals surface area contributed by atoms with Gasteiger partial charge in [-0.3, -0.25) is 0 Å². The van der Waals surface area contributed by atoms with Gasteiger partial charge in [-0.15, -0.1) is 0 Å². The van der Waals surface area contributed by atoms with Gasteiger partial charge in [-0.1, -0.05) is 0 Å². The van der Waals surface area contributed by atoms with Gasteiger partial charge >= 0.3 is 0 Å². The average Bonchev–Trinajstić information content (AvgIpc) is 2.19. The van der Waals surface area contributed by atoms with Crippen molar-refractivity contribution in [1.82, 2.24) is 0 Å². The van der Waals surface area contributed by atoms with E-state index in [-0.39, 0.29) is 12.0 Å². The molecule has 0 heterocycles. The highest BCUT2D eigenvalue weighted by molar-refractivity contribution is 7.94. The fourth-order valence-electron chi connectivity index (χ4n) is 0.741. The number of hydrogen-bond acceptors (Lipinski definition) is 2. The van der Waals surface area contributed by atoms with Gasteiger partial charge in [-0.25, -0.2) is 22.0 Å². The smallest absolute Gasteiger partial charge is 0.200 e. The Morgan fingerprint density at radius 3 is 1.50 bits per heavy atom. The SMILES string of the molecule is COSc1c(F)c(F)c(F)c(F)c1F. The first-order valence-electron chi connectivity index (χ1n) is 3.22. The van der Waals surface area contributed by atoms with E-state index in [1.54, 1.807) is 0 Å².